The molecule has 0 atom stereocenters. The summed E-state index contributed by atoms with van der Waals surface area (Å²) in [5, 5.41) is 0. The first-order chi connectivity index (χ1) is 19.8. The Balaban J connectivity index is 0.000000401. The van der Waals surface area contributed by atoms with Crippen LogP contribution in [0.15, 0.2) is 98.1 Å². The van der Waals surface area contributed by atoms with Crippen LogP contribution in [-0.2, 0) is 13.1 Å². The molecular formula is C36H50Br2N4. The van der Waals surface area contributed by atoms with E-state index in [1.807, 2.05) is 49.1 Å². The summed E-state index contributed by atoms with van der Waals surface area (Å²) in [5.74, 6) is 0. The number of nitrogens with zero attached hydrogens (tertiary/aromatic N) is 4. The maximum Gasteiger partial charge on any atom is 0.169 e. The Bertz CT molecular complexity index is 1060. The average molecular weight is 699 g/mol. The molecule has 0 aliphatic carbocycles. The zero-order valence-electron chi connectivity index (χ0n) is 25.7. The molecule has 4 heterocycles. The number of hydrogen-bond donors (Lipinski definition) is 0. The van der Waals surface area contributed by atoms with Gasteiger partial charge in [-0.3, -0.25) is 9.97 Å². The van der Waals surface area contributed by atoms with Crippen LogP contribution in [0.2, 0.25) is 0 Å². The monoisotopic (exact) mass is 696 g/mol. The number of halogens is 2. The van der Waals surface area contributed by atoms with E-state index in [9.17, 15) is 0 Å². The molecule has 0 fully saturated rings. The van der Waals surface area contributed by atoms with Crippen LogP contribution in [0.4, 0.5) is 0 Å². The van der Waals surface area contributed by atoms with Crippen LogP contribution < -0.4 is 43.1 Å². The highest BCUT2D eigenvalue weighted by Crippen LogP contribution is 2.17. The lowest BCUT2D eigenvalue weighted by atomic mass is 10.1. The topological polar surface area (TPSA) is 33.5 Å². The third-order valence-electron chi connectivity index (χ3n) is 7.35. The lowest BCUT2D eigenvalue weighted by Gasteiger charge is -2.01. The summed E-state index contributed by atoms with van der Waals surface area (Å²) in [6.07, 6.45) is 32.3. The lowest BCUT2D eigenvalue weighted by Crippen LogP contribution is -3.00. The van der Waals surface area contributed by atoms with Crippen molar-refractivity contribution in [2.45, 2.75) is 104 Å². The summed E-state index contributed by atoms with van der Waals surface area (Å²) < 4.78 is 4.56. The number of rotatable bonds is 16. The highest BCUT2D eigenvalue weighted by atomic mass is 79.9. The molecule has 0 amide bonds. The summed E-state index contributed by atoms with van der Waals surface area (Å²) in [7, 11) is 0. The number of pyridine rings is 4. The quantitative estimate of drug-likeness (QED) is 0.133. The van der Waals surface area contributed by atoms with Crippen molar-refractivity contribution in [2.24, 2.45) is 0 Å². The highest BCUT2D eigenvalue weighted by Gasteiger charge is 2.04. The normalized spacial score (nSPS) is 10.1. The first-order valence-corrected chi connectivity index (χ1v) is 15.6. The van der Waals surface area contributed by atoms with Crippen LogP contribution in [0, 0.1) is 0 Å². The molecule has 4 nitrogen and oxygen atoms in total. The Kier molecular flexibility index (Phi) is 21.5. The van der Waals surface area contributed by atoms with E-state index in [1.54, 1.807) is 0 Å². The van der Waals surface area contributed by atoms with Gasteiger partial charge in [0, 0.05) is 61.9 Å². The molecule has 0 saturated heterocycles. The first-order valence-electron chi connectivity index (χ1n) is 15.6. The van der Waals surface area contributed by atoms with Crippen LogP contribution in [-0.4, -0.2) is 9.97 Å². The van der Waals surface area contributed by atoms with E-state index in [1.165, 1.54) is 99.3 Å². The molecule has 0 unspecified atom stereocenters. The molecule has 4 rings (SSSR count). The van der Waals surface area contributed by atoms with E-state index >= 15 is 0 Å². The van der Waals surface area contributed by atoms with Gasteiger partial charge in [0.05, 0.1) is 0 Å². The molecule has 228 valence electrons. The van der Waals surface area contributed by atoms with Gasteiger partial charge in [0.1, 0.15) is 13.1 Å². The molecule has 0 aliphatic heterocycles. The SMILES string of the molecule is CCCCCCCC[n+]1ccc(-c2ccncc2)cc1.CCCCCCCC[n+]1ccc(-c2ccncc2)cc1.[Br-].[Br-]. The molecule has 4 aromatic heterocycles. The molecule has 0 spiro atoms. The van der Waals surface area contributed by atoms with E-state index in [0.717, 1.165) is 13.1 Å². The standard InChI is InChI=1S/2C18H25N2.2BrH/c2*1-2-3-4-5-6-7-14-20-15-10-18(11-16-20)17-8-12-19-13-9-17;;/h2*8-13,15-16H,2-7,14H2,1H3;2*1H/q2*+1;;/p-2. The summed E-state index contributed by atoms with van der Waals surface area (Å²) in [4.78, 5) is 8.11. The minimum atomic E-state index is 0. The van der Waals surface area contributed by atoms with Crippen LogP contribution in [0.1, 0.15) is 90.9 Å². The van der Waals surface area contributed by atoms with E-state index in [2.05, 4.69) is 82.0 Å². The molecular weight excluding hydrogens is 648 g/mol. The Morgan fingerprint density at radius 3 is 1.02 bits per heavy atom. The van der Waals surface area contributed by atoms with Gasteiger partial charge in [-0.15, -0.1) is 0 Å². The Morgan fingerprint density at radius 1 is 0.405 bits per heavy atom. The minimum Gasteiger partial charge on any atom is -1.00 e. The number of hydrogen-bond acceptors (Lipinski definition) is 2. The molecule has 0 N–H and O–H groups in total. The largest absolute Gasteiger partial charge is 1.00 e. The Morgan fingerprint density at radius 2 is 0.690 bits per heavy atom. The fraction of sp³-hybridized carbons (Fsp3) is 0.444. The van der Waals surface area contributed by atoms with Crippen LogP contribution in [0.5, 0.6) is 0 Å². The van der Waals surface area contributed by atoms with E-state index in [0.29, 0.717) is 0 Å². The summed E-state index contributed by atoms with van der Waals surface area (Å²) >= 11 is 0. The van der Waals surface area contributed by atoms with E-state index in [4.69, 9.17) is 0 Å². The van der Waals surface area contributed by atoms with E-state index in [-0.39, 0.29) is 34.0 Å². The van der Waals surface area contributed by atoms with Crippen molar-refractivity contribution in [1.82, 2.24) is 9.97 Å². The highest BCUT2D eigenvalue weighted by molar-refractivity contribution is 5.62. The average Bonchev–Trinajstić information content (AvgIpc) is 3.02. The van der Waals surface area contributed by atoms with Gasteiger partial charge in [0.2, 0.25) is 0 Å². The van der Waals surface area contributed by atoms with Gasteiger partial charge in [0.25, 0.3) is 0 Å². The predicted molar refractivity (Wildman–Crippen MR) is 166 cm³/mol. The molecule has 6 heteroatoms. The molecule has 0 aromatic carbocycles. The first kappa shape index (κ1) is 37.6. The number of aromatic nitrogens is 4. The van der Waals surface area contributed by atoms with Crippen molar-refractivity contribution >= 4 is 0 Å². The summed E-state index contributed by atoms with van der Waals surface area (Å²) in [6.45, 7) is 6.78. The molecule has 0 bridgehead atoms. The third kappa shape index (κ3) is 15.2. The molecule has 0 aliphatic rings. The molecule has 4 aromatic rings. The van der Waals surface area contributed by atoms with Crippen molar-refractivity contribution in [1.29, 1.82) is 0 Å². The van der Waals surface area contributed by atoms with Gasteiger partial charge >= 0.3 is 0 Å². The van der Waals surface area contributed by atoms with Crippen molar-refractivity contribution in [3.63, 3.8) is 0 Å². The smallest absolute Gasteiger partial charge is 0.169 e. The van der Waals surface area contributed by atoms with Crippen LogP contribution >= 0.6 is 0 Å². The van der Waals surface area contributed by atoms with Gasteiger partial charge in [-0.2, -0.15) is 0 Å². The maximum atomic E-state index is 4.05. The number of aryl methyl sites for hydroxylation is 2. The second-order valence-electron chi connectivity index (χ2n) is 10.7. The maximum absolute atomic E-state index is 4.05. The molecule has 0 saturated carbocycles. The van der Waals surface area contributed by atoms with Crippen molar-refractivity contribution in [3.8, 4) is 22.3 Å². The van der Waals surface area contributed by atoms with Gasteiger partial charge in [-0.05, 0) is 59.4 Å². The third-order valence-corrected chi connectivity index (χ3v) is 7.35. The molecule has 42 heavy (non-hydrogen) atoms. The van der Waals surface area contributed by atoms with Crippen molar-refractivity contribution in [3.05, 3.63) is 98.1 Å². The van der Waals surface area contributed by atoms with Gasteiger partial charge in [-0.1, -0.05) is 65.2 Å². The molecule has 0 radical (unpaired) electrons. The Labute approximate surface area is 276 Å². The predicted octanol–water partition coefficient (Wildman–Crippen LogP) is 2.80. The summed E-state index contributed by atoms with van der Waals surface area (Å²) in [5.41, 5.74) is 4.97. The van der Waals surface area contributed by atoms with Crippen LogP contribution in [0.25, 0.3) is 22.3 Å². The minimum absolute atomic E-state index is 0. The van der Waals surface area contributed by atoms with Crippen molar-refractivity contribution < 1.29 is 43.1 Å². The van der Waals surface area contributed by atoms with Crippen LogP contribution in [0.3, 0.4) is 0 Å². The summed E-state index contributed by atoms with van der Waals surface area (Å²) in [6, 6.07) is 16.9. The Hall–Kier alpha value is -2.44. The van der Waals surface area contributed by atoms with E-state index < -0.39 is 0 Å². The van der Waals surface area contributed by atoms with Gasteiger partial charge in [0.15, 0.2) is 24.8 Å². The van der Waals surface area contributed by atoms with Crippen molar-refractivity contribution in [2.75, 3.05) is 0 Å². The van der Waals surface area contributed by atoms with Gasteiger partial charge < -0.3 is 34.0 Å². The fourth-order valence-electron chi connectivity index (χ4n) is 4.84. The lowest BCUT2D eigenvalue weighted by molar-refractivity contribution is -0.697. The zero-order valence-corrected chi connectivity index (χ0v) is 28.9. The van der Waals surface area contributed by atoms with Gasteiger partial charge in [-0.25, -0.2) is 9.13 Å². The zero-order chi connectivity index (χ0) is 28.1. The second-order valence-corrected chi connectivity index (χ2v) is 10.7. The number of unbranched alkanes of at least 4 members (excludes halogenated alkanes) is 10. The fourth-order valence-corrected chi connectivity index (χ4v) is 4.84. The second kappa shape index (κ2) is 24.0.